The van der Waals surface area contributed by atoms with Gasteiger partial charge in [0.15, 0.2) is 9.84 Å². The summed E-state index contributed by atoms with van der Waals surface area (Å²) in [4.78, 5) is 16.6. The van der Waals surface area contributed by atoms with Crippen molar-refractivity contribution >= 4 is 56.2 Å². The molecule has 1 aromatic carbocycles. The van der Waals surface area contributed by atoms with E-state index in [4.69, 9.17) is 22.1 Å². The lowest BCUT2D eigenvalue weighted by Crippen LogP contribution is -2.23. The zero-order valence-electron chi connectivity index (χ0n) is 16.8. The van der Waals surface area contributed by atoms with Crippen LogP contribution in [0, 0.1) is 0 Å². The van der Waals surface area contributed by atoms with Gasteiger partial charge in [0.2, 0.25) is 0 Å². The Balaban J connectivity index is 2.50. The van der Waals surface area contributed by atoms with Gasteiger partial charge in [0.1, 0.15) is 18.2 Å². The van der Waals surface area contributed by atoms with Gasteiger partial charge < -0.3 is 10.5 Å². The highest BCUT2D eigenvalue weighted by Crippen LogP contribution is 2.34. The van der Waals surface area contributed by atoms with E-state index in [2.05, 4.69) is 4.99 Å². The molecule has 0 aliphatic heterocycles. The second-order valence-corrected chi connectivity index (χ2v) is 10.6. The summed E-state index contributed by atoms with van der Waals surface area (Å²) in [6, 6.07) is 9.13. The Morgan fingerprint density at radius 1 is 1.28 bits per heavy atom. The fourth-order valence-electron chi connectivity index (χ4n) is 2.32. The molecule has 0 unspecified atom stereocenters. The number of benzene rings is 1. The van der Waals surface area contributed by atoms with Crippen LogP contribution >= 0.6 is 34.7 Å². The molecule has 0 saturated carbocycles. The maximum atomic E-state index is 13.1. The van der Waals surface area contributed by atoms with Gasteiger partial charge in [-0.1, -0.05) is 23.7 Å². The van der Waals surface area contributed by atoms with Crippen molar-refractivity contribution in [1.29, 1.82) is 0 Å². The minimum absolute atomic E-state index is 0.0672. The van der Waals surface area contributed by atoms with Crippen LogP contribution in [-0.4, -0.2) is 51.3 Å². The molecule has 2 rings (SSSR count). The average molecular weight is 527 g/mol. The Morgan fingerprint density at radius 2 is 1.97 bits per heavy atom. The molecule has 0 aliphatic carbocycles. The van der Waals surface area contributed by atoms with Crippen LogP contribution in [0.1, 0.15) is 4.88 Å². The minimum atomic E-state index is -4.90. The number of nitrogens with two attached hydrogens (primary N) is 1. The van der Waals surface area contributed by atoms with Crippen LogP contribution < -0.4 is 5.73 Å². The van der Waals surface area contributed by atoms with Gasteiger partial charge in [0.25, 0.3) is 0 Å². The van der Waals surface area contributed by atoms with Crippen molar-refractivity contribution in [1.82, 2.24) is 0 Å². The predicted octanol–water partition coefficient (Wildman–Crippen LogP) is 4.44. The molecule has 1 heterocycles. The molecule has 6 nitrogen and oxygen atoms in total. The lowest BCUT2D eigenvalue weighted by molar-refractivity contribution is -0.139. The van der Waals surface area contributed by atoms with E-state index >= 15 is 0 Å². The zero-order chi connectivity index (χ0) is 24.1. The van der Waals surface area contributed by atoms with E-state index in [1.54, 1.807) is 24.5 Å². The number of alkyl halides is 3. The van der Waals surface area contributed by atoms with Crippen molar-refractivity contribution < 1.29 is 31.1 Å². The van der Waals surface area contributed by atoms with Crippen LogP contribution in [0.15, 0.2) is 57.0 Å². The van der Waals surface area contributed by atoms with Gasteiger partial charge >= 0.3 is 12.1 Å². The number of carbonyl (C=O) groups excluding carboxylic acids is 1. The topological polar surface area (TPSA) is 98.8 Å². The Labute approximate surface area is 196 Å². The number of allylic oxidation sites excluding steroid dienone is 2. The first-order valence-electron chi connectivity index (χ1n) is 8.67. The summed E-state index contributed by atoms with van der Waals surface area (Å²) in [6.07, 6.45) is -2.13. The SMILES string of the molecule is CSCOC(=O)CN=C(C(Cl)=C(N)C(F)(F)F)c1ccc(-c2cccc(S(C)(=O)=O)c2)s1. The van der Waals surface area contributed by atoms with Crippen molar-refractivity contribution in [2.45, 2.75) is 11.1 Å². The van der Waals surface area contributed by atoms with Crippen molar-refractivity contribution in [3.8, 4) is 10.4 Å². The first-order chi connectivity index (χ1) is 14.8. The first kappa shape index (κ1) is 26.2. The van der Waals surface area contributed by atoms with Crippen LogP contribution in [0.5, 0.6) is 0 Å². The highest BCUT2D eigenvalue weighted by atomic mass is 35.5. The zero-order valence-corrected chi connectivity index (χ0v) is 20.0. The van der Waals surface area contributed by atoms with Gasteiger partial charge in [0.05, 0.1) is 20.5 Å². The second kappa shape index (κ2) is 10.7. The fourth-order valence-corrected chi connectivity index (χ4v) is 4.58. The number of sulfone groups is 1. The molecule has 0 fully saturated rings. The molecule has 0 amide bonds. The normalized spacial score (nSPS) is 13.6. The minimum Gasteiger partial charge on any atom is -0.453 e. The van der Waals surface area contributed by atoms with Crippen molar-refractivity contribution in [2.24, 2.45) is 10.7 Å². The number of halogens is 4. The summed E-state index contributed by atoms with van der Waals surface area (Å²) in [5.41, 5.74) is 3.83. The number of ether oxygens (including phenoxy) is 1. The van der Waals surface area contributed by atoms with Crippen LogP contribution in [0.25, 0.3) is 10.4 Å². The molecule has 0 bridgehead atoms. The number of hydrogen-bond donors (Lipinski definition) is 1. The molecule has 0 spiro atoms. The van der Waals surface area contributed by atoms with Crippen molar-refractivity contribution in [3.63, 3.8) is 0 Å². The van der Waals surface area contributed by atoms with Crippen LogP contribution in [0.4, 0.5) is 13.2 Å². The molecule has 2 N–H and O–H groups in total. The van der Waals surface area contributed by atoms with Gasteiger partial charge in [0, 0.05) is 11.1 Å². The van der Waals surface area contributed by atoms with Crippen LogP contribution in [0.3, 0.4) is 0 Å². The Morgan fingerprint density at radius 3 is 2.56 bits per heavy atom. The monoisotopic (exact) mass is 526 g/mol. The van der Waals surface area contributed by atoms with E-state index < -0.39 is 39.3 Å². The van der Waals surface area contributed by atoms with Gasteiger partial charge in [-0.3, -0.25) is 9.79 Å². The third-order valence-electron chi connectivity index (χ3n) is 3.84. The molecular formula is C19H18ClF3N2O4S3. The van der Waals surface area contributed by atoms with E-state index in [0.717, 1.165) is 17.6 Å². The Hall–Kier alpha value is -2.02. The summed E-state index contributed by atoms with van der Waals surface area (Å²) in [5, 5.41) is -0.853. The van der Waals surface area contributed by atoms with Crippen molar-refractivity contribution in [2.75, 3.05) is 25.0 Å². The van der Waals surface area contributed by atoms with Crippen molar-refractivity contribution in [3.05, 3.63) is 52.0 Å². The van der Waals surface area contributed by atoms with E-state index in [9.17, 15) is 26.4 Å². The number of thioether (sulfide) groups is 1. The summed E-state index contributed by atoms with van der Waals surface area (Å²) < 4.78 is 67.8. The molecule has 0 aliphatic rings. The quantitative estimate of drug-likeness (QED) is 0.310. The summed E-state index contributed by atoms with van der Waals surface area (Å²) in [5.74, 6) is -0.679. The molecule has 32 heavy (non-hydrogen) atoms. The Kier molecular flexibility index (Phi) is 8.80. The smallest absolute Gasteiger partial charge is 0.432 e. The van der Waals surface area contributed by atoms with Gasteiger partial charge in [-0.05, 0) is 36.1 Å². The number of thiophene rings is 1. The number of rotatable bonds is 8. The van der Waals surface area contributed by atoms with E-state index in [1.165, 1.54) is 30.0 Å². The highest BCUT2D eigenvalue weighted by Gasteiger charge is 2.35. The van der Waals surface area contributed by atoms with Crippen LogP contribution in [-0.2, 0) is 19.4 Å². The number of aliphatic imine (C=N–C) groups is 1. The van der Waals surface area contributed by atoms with E-state index in [0.29, 0.717) is 10.4 Å². The van der Waals surface area contributed by atoms with Gasteiger partial charge in [-0.2, -0.15) is 13.2 Å². The fraction of sp³-hybridized carbons (Fsp3) is 0.263. The maximum absolute atomic E-state index is 13.1. The molecular weight excluding hydrogens is 509 g/mol. The lowest BCUT2D eigenvalue weighted by Gasteiger charge is -2.11. The van der Waals surface area contributed by atoms with Gasteiger partial charge in [-0.25, -0.2) is 8.42 Å². The average Bonchev–Trinajstić information content (AvgIpc) is 3.20. The standard InChI is InChI=1S/C19H18ClF3N2O4S3/c1-30-10-29-15(26)9-25-17(16(20)18(24)19(21,22)23)14-7-6-13(31-14)11-4-3-5-12(8-11)32(2,27)28/h3-8H,9-10,24H2,1-2H3. The molecule has 0 saturated heterocycles. The van der Waals surface area contributed by atoms with E-state index in [1.807, 2.05) is 0 Å². The number of carbonyl (C=O) groups is 1. The highest BCUT2D eigenvalue weighted by molar-refractivity contribution is 7.98. The predicted molar refractivity (Wildman–Crippen MR) is 122 cm³/mol. The maximum Gasteiger partial charge on any atom is 0.432 e. The molecule has 0 radical (unpaired) electrons. The molecule has 1 aromatic heterocycles. The molecule has 174 valence electrons. The largest absolute Gasteiger partial charge is 0.453 e. The lowest BCUT2D eigenvalue weighted by atomic mass is 10.2. The second-order valence-electron chi connectivity index (χ2n) is 6.28. The van der Waals surface area contributed by atoms with Crippen LogP contribution in [0.2, 0.25) is 0 Å². The van der Waals surface area contributed by atoms with E-state index in [-0.39, 0.29) is 21.4 Å². The third kappa shape index (κ3) is 6.99. The van der Waals surface area contributed by atoms with Gasteiger partial charge in [-0.15, -0.1) is 23.1 Å². The summed E-state index contributed by atoms with van der Waals surface area (Å²) in [6.45, 7) is -0.561. The number of nitrogens with zero attached hydrogens (tertiary/aromatic N) is 1. The molecule has 2 aromatic rings. The number of hydrogen-bond acceptors (Lipinski definition) is 8. The first-order valence-corrected chi connectivity index (χ1v) is 13.1. The third-order valence-corrected chi connectivity index (χ3v) is 6.83. The molecule has 13 heteroatoms. The molecule has 0 atom stereocenters. The number of esters is 1. The summed E-state index contributed by atoms with van der Waals surface area (Å²) in [7, 11) is -3.45. The summed E-state index contributed by atoms with van der Waals surface area (Å²) >= 11 is 8.18. The Bertz CT molecular complexity index is 1160.